The summed E-state index contributed by atoms with van der Waals surface area (Å²) in [6, 6.07) is 0. The zero-order valence-electron chi connectivity index (χ0n) is 6.24. The first-order valence-electron chi connectivity index (χ1n) is 2.96. The Morgan fingerprint density at radius 3 is 2.00 bits per heavy atom. The van der Waals surface area contributed by atoms with Gasteiger partial charge in [0, 0.05) is 3.58 Å². The van der Waals surface area contributed by atoms with Gasteiger partial charge in [-0.1, -0.05) is 39.5 Å². The molecule has 0 amide bonds. The number of allylic oxidation sites excluding steroid dienone is 3. The summed E-state index contributed by atoms with van der Waals surface area (Å²) in [5.41, 5.74) is 0.282. The minimum atomic E-state index is 0.282. The van der Waals surface area contributed by atoms with Crippen LogP contribution in [0.25, 0.3) is 0 Å². The lowest BCUT2D eigenvalue weighted by atomic mass is 9.96. The molecule has 0 saturated heterocycles. The van der Waals surface area contributed by atoms with E-state index >= 15 is 0 Å². The van der Waals surface area contributed by atoms with E-state index in [1.807, 2.05) is 6.08 Å². The summed E-state index contributed by atoms with van der Waals surface area (Å²) in [4.78, 5) is 0. The maximum atomic E-state index is 3.67. The number of rotatable bonds is 1. The molecule has 0 spiro atoms. The number of hydrogen-bond donors (Lipinski definition) is 0. The van der Waals surface area contributed by atoms with Gasteiger partial charge in [0.1, 0.15) is 0 Å². The third-order valence-corrected chi connectivity index (χ3v) is 1.52. The van der Waals surface area contributed by atoms with Gasteiger partial charge in [-0.2, -0.15) is 0 Å². The predicted molar refractivity (Wildman–Crippen MR) is 51.8 cm³/mol. The van der Waals surface area contributed by atoms with E-state index in [1.54, 1.807) is 0 Å². The van der Waals surface area contributed by atoms with Crippen LogP contribution in [0, 0.1) is 5.41 Å². The molecular weight excluding hydrogens is 223 g/mol. The van der Waals surface area contributed by atoms with Crippen molar-refractivity contribution in [2.75, 3.05) is 0 Å². The first-order chi connectivity index (χ1) is 3.95. The second-order valence-corrected chi connectivity index (χ2v) is 4.35. The summed E-state index contributed by atoms with van der Waals surface area (Å²) in [7, 11) is 0. The molecular formula is C8H13I. The molecule has 0 aliphatic rings. The van der Waals surface area contributed by atoms with Crippen LogP contribution in [0.1, 0.15) is 20.8 Å². The van der Waals surface area contributed by atoms with Crippen molar-refractivity contribution in [2.45, 2.75) is 20.8 Å². The monoisotopic (exact) mass is 236 g/mol. The van der Waals surface area contributed by atoms with Crippen molar-refractivity contribution in [1.82, 2.24) is 0 Å². The van der Waals surface area contributed by atoms with Gasteiger partial charge in [-0.25, -0.2) is 0 Å². The summed E-state index contributed by atoms with van der Waals surface area (Å²) in [5, 5.41) is 0. The predicted octanol–water partition coefficient (Wildman–Crippen LogP) is 3.54. The fourth-order valence-electron chi connectivity index (χ4n) is 0.473. The minimum absolute atomic E-state index is 0.282. The summed E-state index contributed by atoms with van der Waals surface area (Å²) in [5.74, 6) is 0. The van der Waals surface area contributed by atoms with Crippen LogP contribution >= 0.6 is 22.6 Å². The average molecular weight is 236 g/mol. The van der Waals surface area contributed by atoms with Gasteiger partial charge < -0.3 is 0 Å². The van der Waals surface area contributed by atoms with E-state index in [0.717, 1.165) is 0 Å². The highest BCUT2D eigenvalue weighted by Crippen LogP contribution is 2.20. The third-order valence-electron chi connectivity index (χ3n) is 0.766. The first kappa shape index (κ1) is 9.21. The van der Waals surface area contributed by atoms with Crippen LogP contribution in [0.15, 0.2) is 22.3 Å². The molecule has 0 rings (SSSR count). The molecule has 0 aromatic rings. The lowest BCUT2D eigenvalue weighted by molar-refractivity contribution is 0.544. The minimum Gasteiger partial charge on any atom is -0.0980 e. The zero-order valence-corrected chi connectivity index (χ0v) is 8.40. The van der Waals surface area contributed by atoms with Crippen LogP contribution in [0.3, 0.4) is 0 Å². The quantitative estimate of drug-likeness (QED) is 0.482. The van der Waals surface area contributed by atoms with Gasteiger partial charge in [0.2, 0.25) is 0 Å². The Balaban J connectivity index is 4.11. The SMILES string of the molecule is C=C/C(I)=C/C(C)(C)C. The van der Waals surface area contributed by atoms with Crippen molar-refractivity contribution < 1.29 is 0 Å². The van der Waals surface area contributed by atoms with Crippen molar-refractivity contribution in [3.63, 3.8) is 0 Å². The second-order valence-electron chi connectivity index (χ2n) is 3.10. The summed E-state index contributed by atoms with van der Waals surface area (Å²) >= 11 is 2.27. The fourth-order valence-corrected chi connectivity index (χ4v) is 1.41. The third kappa shape index (κ3) is 6.09. The van der Waals surface area contributed by atoms with Crippen LogP contribution in [0.2, 0.25) is 0 Å². The molecule has 0 heterocycles. The maximum absolute atomic E-state index is 3.67. The van der Waals surface area contributed by atoms with Gasteiger partial charge >= 0.3 is 0 Å². The van der Waals surface area contributed by atoms with E-state index < -0.39 is 0 Å². The molecule has 0 atom stereocenters. The van der Waals surface area contributed by atoms with E-state index in [0.29, 0.717) is 0 Å². The molecule has 1 heteroatoms. The van der Waals surface area contributed by atoms with Gasteiger partial charge in [-0.15, -0.1) is 0 Å². The maximum Gasteiger partial charge on any atom is 0.00893 e. The molecule has 0 unspecified atom stereocenters. The smallest absolute Gasteiger partial charge is 0.00893 e. The van der Waals surface area contributed by atoms with Crippen LogP contribution < -0.4 is 0 Å². The highest BCUT2D eigenvalue weighted by atomic mass is 127. The Labute approximate surface area is 71.2 Å². The number of hydrogen-bond acceptors (Lipinski definition) is 0. The Hall–Kier alpha value is 0.210. The Kier molecular flexibility index (Phi) is 3.48. The van der Waals surface area contributed by atoms with Crippen LogP contribution in [0.4, 0.5) is 0 Å². The highest BCUT2D eigenvalue weighted by molar-refractivity contribution is 14.1. The molecule has 0 nitrogen and oxygen atoms in total. The molecule has 0 aromatic heterocycles. The van der Waals surface area contributed by atoms with Gasteiger partial charge in [-0.05, 0) is 28.0 Å². The Bertz CT molecular complexity index is 126. The van der Waals surface area contributed by atoms with Gasteiger partial charge in [0.25, 0.3) is 0 Å². The fraction of sp³-hybridized carbons (Fsp3) is 0.500. The van der Waals surface area contributed by atoms with Crippen LogP contribution in [0.5, 0.6) is 0 Å². The summed E-state index contributed by atoms with van der Waals surface area (Å²) in [6.07, 6.45) is 4.06. The standard InChI is InChI=1S/C8H13I/c1-5-7(9)6-8(2,3)4/h5-6H,1H2,2-4H3/b7-6-. The molecule has 0 radical (unpaired) electrons. The normalized spacial score (nSPS) is 13.6. The lowest BCUT2D eigenvalue weighted by Crippen LogP contribution is -1.98. The van der Waals surface area contributed by atoms with Crippen molar-refractivity contribution >= 4 is 22.6 Å². The lowest BCUT2D eigenvalue weighted by Gasteiger charge is -2.11. The zero-order chi connectivity index (χ0) is 7.49. The molecule has 0 aliphatic heterocycles. The molecule has 9 heavy (non-hydrogen) atoms. The Morgan fingerprint density at radius 2 is 1.89 bits per heavy atom. The van der Waals surface area contributed by atoms with Crippen molar-refractivity contribution in [3.8, 4) is 0 Å². The van der Waals surface area contributed by atoms with E-state index in [2.05, 4.69) is 56.0 Å². The van der Waals surface area contributed by atoms with E-state index in [-0.39, 0.29) is 5.41 Å². The summed E-state index contributed by atoms with van der Waals surface area (Å²) < 4.78 is 1.22. The van der Waals surface area contributed by atoms with Crippen LogP contribution in [-0.2, 0) is 0 Å². The molecule has 0 aliphatic carbocycles. The largest absolute Gasteiger partial charge is 0.0980 e. The molecule has 0 bridgehead atoms. The van der Waals surface area contributed by atoms with Crippen molar-refractivity contribution in [3.05, 3.63) is 22.3 Å². The van der Waals surface area contributed by atoms with Gasteiger partial charge in [0.05, 0.1) is 0 Å². The second kappa shape index (κ2) is 3.40. The number of halogens is 1. The molecule has 0 saturated carbocycles. The van der Waals surface area contributed by atoms with Gasteiger partial charge in [-0.3, -0.25) is 0 Å². The van der Waals surface area contributed by atoms with Crippen LogP contribution in [-0.4, -0.2) is 0 Å². The Morgan fingerprint density at radius 1 is 1.44 bits per heavy atom. The highest BCUT2D eigenvalue weighted by Gasteiger charge is 2.04. The van der Waals surface area contributed by atoms with E-state index in [4.69, 9.17) is 0 Å². The van der Waals surface area contributed by atoms with E-state index in [9.17, 15) is 0 Å². The first-order valence-corrected chi connectivity index (χ1v) is 4.04. The van der Waals surface area contributed by atoms with Crippen molar-refractivity contribution in [1.29, 1.82) is 0 Å². The molecule has 52 valence electrons. The average Bonchev–Trinajstić information content (AvgIpc) is 1.62. The molecule has 0 N–H and O–H groups in total. The van der Waals surface area contributed by atoms with Crippen molar-refractivity contribution in [2.24, 2.45) is 5.41 Å². The van der Waals surface area contributed by atoms with E-state index in [1.165, 1.54) is 3.58 Å². The van der Waals surface area contributed by atoms with Gasteiger partial charge in [0.15, 0.2) is 0 Å². The topological polar surface area (TPSA) is 0 Å². The molecule has 0 aromatic carbocycles. The molecule has 0 fully saturated rings. The summed E-state index contributed by atoms with van der Waals surface area (Å²) in [6.45, 7) is 10.2.